The number of amides is 1. The van der Waals surface area contributed by atoms with Crippen LogP contribution in [0.2, 0.25) is 0 Å². The van der Waals surface area contributed by atoms with Gasteiger partial charge >= 0.3 is 0 Å². The largest absolute Gasteiger partial charge is 0.333 e. The molecule has 1 atom stereocenters. The average Bonchev–Trinajstić information content (AvgIpc) is 3.26. The van der Waals surface area contributed by atoms with E-state index in [0.29, 0.717) is 12.5 Å². The van der Waals surface area contributed by atoms with Crippen LogP contribution in [0.15, 0.2) is 30.7 Å². The second-order valence-corrected chi connectivity index (χ2v) is 6.99. The Morgan fingerprint density at radius 2 is 2.39 bits per heavy atom. The molecule has 3 rings (SSSR count). The lowest BCUT2D eigenvalue weighted by Crippen LogP contribution is -2.35. The molecule has 0 spiro atoms. The van der Waals surface area contributed by atoms with Crippen molar-refractivity contribution in [1.82, 2.24) is 20.2 Å². The summed E-state index contributed by atoms with van der Waals surface area (Å²) in [7, 11) is 0. The van der Waals surface area contributed by atoms with Gasteiger partial charge in [0, 0.05) is 25.5 Å². The van der Waals surface area contributed by atoms with Crippen molar-refractivity contribution in [3.05, 3.63) is 46.2 Å². The standard InChI is InChI=1S/C17H22N4OS/c1-2-16-20-10-15(23-16)17(22)21(12-14-5-7-19-9-14)11-13-4-3-6-18-8-13/h3-4,6,8,10,14,19H,2,5,7,9,11-12H2,1H3. The van der Waals surface area contributed by atoms with Crippen LogP contribution in [0.4, 0.5) is 0 Å². The van der Waals surface area contributed by atoms with E-state index in [1.54, 1.807) is 12.4 Å². The molecule has 3 heterocycles. The molecule has 5 nitrogen and oxygen atoms in total. The van der Waals surface area contributed by atoms with E-state index >= 15 is 0 Å². The number of thiazole rings is 1. The summed E-state index contributed by atoms with van der Waals surface area (Å²) in [5.74, 6) is 0.604. The molecule has 1 saturated heterocycles. The maximum absolute atomic E-state index is 12.9. The van der Waals surface area contributed by atoms with E-state index in [-0.39, 0.29) is 5.91 Å². The van der Waals surface area contributed by atoms with Gasteiger partial charge in [0.1, 0.15) is 4.88 Å². The first-order valence-corrected chi connectivity index (χ1v) is 8.91. The van der Waals surface area contributed by atoms with Gasteiger partial charge in [0.15, 0.2) is 0 Å². The Kier molecular flexibility index (Phi) is 5.35. The smallest absolute Gasteiger partial charge is 0.265 e. The predicted octanol–water partition coefficient (Wildman–Crippen LogP) is 2.35. The molecular weight excluding hydrogens is 308 g/mol. The minimum absolute atomic E-state index is 0.0814. The van der Waals surface area contributed by atoms with E-state index < -0.39 is 0 Å². The molecule has 2 aromatic heterocycles. The fourth-order valence-corrected chi connectivity index (χ4v) is 3.67. The van der Waals surface area contributed by atoms with Gasteiger partial charge < -0.3 is 10.2 Å². The lowest BCUT2D eigenvalue weighted by Gasteiger charge is -2.25. The number of hydrogen-bond acceptors (Lipinski definition) is 5. The maximum atomic E-state index is 12.9. The Labute approximate surface area is 140 Å². The number of nitrogens with one attached hydrogen (secondary N) is 1. The van der Waals surface area contributed by atoms with Crippen LogP contribution in [-0.4, -0.2) is 40.4 Å². The zero-order valence-corrected chi connectivity index (χ0v) is 14.2. The highest BCUT2D eigenvalue weighted by atomic mass is 32.1. The monoisotopic (exact) mass is 330 g/mol. The van der Waals surface area contributed by atoms with E-state index in [9.17, 15) is 4.79 Å². The van der Waals surface area contributed by atoms with Gasteiger partial charge in [-0.25, -0.2) is 4.98 Å². The summed E-state index contributed by atoms with van der Waals surface area (Å²) in [4.78, 5) is 24.1. The maximum Gasteiger partial charge on any atom is 0.265 e. The number of pyridine rings is 1. The molecule has 1 N–H and O–H groups in total. The molecule has 0 saturated carbocycles. The molecule has 0 aromatic carbocycles. The first-order chi connectivity index (χ1) is 11.3. The molecule has 1 aliphatic rings. The average molecular weight is 330 g/mol. The van der Waals surface area contributed by atoms with E-state index in [4.69, 9.17) is 0 Å². The first kappa shape index (κ1) is 16.1. The molecule has 122 valence electrons. The van der Waals surface area contributed by atoms with Crippen molar-refractivity contribution in [3.63, 3.8) is 0 Å². The first-order valence-electron chi connectivity index (χ1n) is 8.10. The molecule has 0 bridgehead atoms. The van der Waals surface area contributed by atoms with Crippen molar-refractivity contribution < 1.29 is 4.79 Å². The molecule has 0 aliphatic carbocycles. The number of aromatic nitrogens is 2. The predicted molar refractivity (Wildman–Crippen MR) is 91.4 cm³/mol. The molecule has 1 unspecified atom stereocenters. The Morgan fingerprint density at radius 1 is 1.48 bits per heavy atom. The van der Waals surface area contributed by atoms with Crippen LogP contribution in [0.25, 0.3) is 0 Å². The van der Waals surface area contributed by atoms with Crippen molar-refractivity contribution in [2.24, 2.45) is 5.92 Å². The van der Waals surface area contributed by atoms with Crippen molar-refractivity contribution in [1.29, 1.82) is 0 Å². The number of aryl methyl sites for hydroxylation is 1. The summed E-state index contributed by atoms with van der Waals surface area (Å²) in [5, 5.41) is 4.38. The highest BCUT2D eigenvalue weighted by Gasteiger charge is 2.24. The van der Waals surface area contributed by atoms with Gasteiger partial charge in [-0.3, -0.25) is 9.78 Å². The van der Waals surface area contributed by atoms with E-state index in [1.165, 1.54) is 11.3 Å². The summed E-state index contributed by atoms with van der Waals surface area (Å²) in [6.07, 6.45) is 7.30. The van der Waals surface area contributed by atoms with E-state index in [0.717, 1.165) is 47.9 Å². The summed E-state index contributed by atoms with van der Waals surface area (Å²) in [6.45, 7) is 5.47. The van der Waals surface area contributed by atoms with Crippen LogP contribution in [0.5, 0.6) is 0 Å². The molecule has 23 heavy (non-hydrogen) atoms. The molecule has 1 aliphatic heterocycles. The number of carbonyl (C=O) groups is 1. The molecule has 6 heteroatoms. The molecule has 1 fully saturated rings. The van der Waals surface area contributed by atoms with E-state index in [1.807, 2.05) is 23.2 Å². The number of rotatable bonds is 6. The third-order valence-electron chi connectivity index (χ3n) is 4.09. The van der Waals surface area contributed by atoms with Crippen LogP contribution >= 0.6 is 11.3 Å². The minimum Gasteiger partial charge on any atom is -0.333 e. The van der Waals surface area contributed by atoms with Gasteiger partial charge in [0.2, 0.25) is 0 Å². The highest BCUT2D eigenvalue weighted by Crippen LogP contribution is 2.19. The second-order valence-electron chi connectivity index (χ2n) is 5.88. The van der Waals surface area contributed by atoms with Crippen molar-refractivity contribution in [2.45, 2.75) is 26.3 Å². The summed E-state index contributed by atoms with van der Waals surface area (Å²) >= 11 is 1.50. The third-order valence-corrected chi connectivity index (χ3v) is 5.22. The fourth-order valence-electron chi connectivity index (χ4n) is 2.84. The van der Waals surface area contributed by atoms with Crippen LogP contribution in [0, 0.1) is 5.92 Å². The summed E-state index contributed by atoms with van der Waals surface area (Å²) < 4.78 is 0. The Balaban J connectivity index is 1.76. The summed E-state index contributed by atoms with van der Waals surface area (Å²) in [5.41, 5.74) is 1.06. The van der Waals surface area contributed by atoms with Gasteiger partial charge in [0.25, 0.3) is 5.91 Å². The number of hydrogen-bond donors (Lipinski definition) is 1. The van der Waals surface area contributed by atoms with Gasteiger partial charge in [-0.15, -0.1) is 11.3 Å². The summed E-state index contributed by atoms with van der Waals surface area (Å²) in [6, 6.07) is 3.93. The SMILES string of the molecule is CCc1ncc(C(=O)N(Cc2cccnc2)CC2CCNC2)s1. The minimum atomic E-state index is 0.0814. The van der Waals surface area contributed by atoms with Crippen LogP contribution in [-0.2, 0) is 13.0 Å². The molecular formula is C17H22N4OS. The van der Waals surface area contributed by atoms with Gasteiger partial charge in [-0.2, -0.15) is 0 Å². The van der Waals surface area contributed by atoms with Crippen LogP contribution < -0.4 is 5.32 Å². The van der Waals surface area contributed by atoms with Gasteiger partial charge in [-0.1, -0.05) is 13.0 Å². The van der Waals surface area contributed by atoms with Crippen LogP contribution in [0.3, 0.4) is 0 Å². The highest BCUT2D eigenvalue weighted by molar-refractivity contribution is 7.13. The zero-order chi connectivity index (χ0) is 16.1. The fraction of sp³-hybridized carbons (Fsp3) is 0.471. The normalized spacial score (nSPS) is 17.3. The molecule has 0 radical (unpaired) electrons. The second kappa shape index (κ2) is 7.66. The van der Waals surface area contributed by atoms with Gasteiger partial charge in [0.05, 0.1) is 11.2 Å². The van der Waals surface area contributed by atoms with Gasteiger partial charge in [-0.05, 0) is 43.5 Å². The number of nitrogens with zero attached hydrogens (tertiary/aromatic N) is 3. The molecule has 1 amide bonds. The Hall–Kier alpha value is -1.79. The van der Waals surface area contributed by atoms with Crippen LogP contribution in [0.1, 0.15) is 33.6 Å². The van der Waals surface area contributed by atoms with E-state index in [2.05, 4.69) is 22.2 Å². The number of carbonyl (C=O) groups excluding carboxylic acids is 1. The van der Waals surface area contributed by atoms with Crippen molar-refractivity contribution in [3.8, 4) is 0 Å². The van der Waals surface area contributed by atoms with Crippen molar-refractivity contribution >= 4 is 17.2 Å². The topological polar surface area (TPSA) is 58.1 Å². The Morgan fingerprint density at radius 3 is 3.04 bits per heavy atom. The van der Waals surface area contributed by atoms with Crippen molar-refractivity contribution in [2.75, 3.05) is 19.6 Å². The molecule has 2 aromatic rings. The Bertz CT molecular complexity index is 637. The quantitative estimate of drug-likeness (QED) is 0.883. The lowest BCUT2D eigenvalue weighted by atomic mass is 10.1. The lowest BCUT2D eigenvalue weighted by molar-refractivity contribution is 0.0723. The zero-order valence-electron chi connectivity index (χ0n) is 13.4. The third kappa shape index (κ3) is 4.14.